The van der Waals surface area contributed by atoms with Crippen LogP contribution in [0.4, 0.5) is 5.82 Å². The van der Waals surface area contributed by atoms with Crippen molar-refractivity contribution in [3.05, 3.63) is 56.7 Å². The summed E-state index contributed by atoms with van der Waals surface area (Å²) in [5.41, 5.74) is -1.30. The SMILES string of the molecule is Cn1c(NC(=O)COC(=O)c2cccc(S(=O)(=O)N3CCOCC3)c2)cc(=O)n(C)c1=O. The summed E-state index contributed by atoms with van der Waals surface area (Å²) in [6.07, 6.45) is 0. The predicted octanol–water partition coefficient (Wildman–Crippen LogP) is -1.10. The number of anilines is 1. The minimum atomic E-state index is -3.80. The first-order valence-electron chi connectivity index (χ1n) is 9.53. The van der Waals surface area contributed by atoms with E-state index in [4.69, 9.17) is 9.47 Å². The van der Waals surface area contributed by atoms with Gasteiger partial charge in [-0.15, -0.1) is 0 Å². The molecule has 1 aliphatic rings. The zero-order valence-corrected chi connectivity index (χ0v) is 18.3. The molecule has 1 aromatic carbocycles. The largest absolute Gasteiger partial charge is 0.452 e. The highest BCUT2D eigenvalue weighted by molar-refractivity contribution is 7.89. The lowest BCUT2D eigenvalue weighted by atomic mass is 10.2. The number of sulfonamides is 1. The molecule has 1 saturated heterocycles. The van der Waals surface area contributed by atoms with Crippen molar-refractivity contribution in [3.8, 4) is 0 Å². The summed E-state index contributed by atoms with van der Waals surface area (Å²) in [6, 6.07) is 6.37. The van der Waals surface area contributed by atoms with Gasteiger partial charge in [-0.2, -0.15) is 4.31 Å². The summed E-state index contributed by atoms with van der Waals surface area (Å²) in [4.78, 5) is 48.0. The number of amides is 1. The van der Waals surface area contributed by atoms with Crippen LogP contribution in [0.2, 0.25) is 0 Å². The molecule has 32 heavy (non-hydrogen) atoms. The first-order valence-corrected chi connectivity index (χ1v) is 11.0. The quantitative estimate of drug-likeness (QED) is 0.528. The van der Waals surface area contributed by atoms with Gasteiger partial charge in [0.1, 0.15) is 5.82 Å². The molecule has 1 aromatic heterocycles. The Morgan fingerprint density at radius 3 is 2.47 bits per heavy atom. The van der Waals surface area contributed by atoms with Crippen molar-refractivity contribution in [3.63, 3.8) is 0 Å². The molecule has 0 bridgehead atoms. The molecule has 0 atom stereocenters. The minimum Gasteiger partial charge on any atom is -0.452 e. The van der Waals surface area contributed by atoms with Gasteiger partial charge in [-0.3, -0.25) is 18.7 Å². The van der Waals surface area contributed by atoms with E-state index in [0.717, 1.165) is 15.2 Å². The third-order valence-corrected chi connectivity index (χ3v) is 6.70. The van der Waals surface area contributed by atoms with Gasteiger partial charge < -0.3 is 14.8 Å². The summed E-state index contributed by atoms with van der Waals surface area (Å²) in [5.74, 6) is -1.74. The number of nitrogens with zero attached hydrogens (tertiary/aromatic N) is 3. The lowest BCUT2D eigenvalue weighted by Crippen LogP contribution is -2.40. The van der Waals surface area contributed by atoms with E-state index in [1.54, 1.807) is 0 Å². The van der Waals surface area contributed by atoms with Gasteiger partial charge in [0.05, 0.1) is 23.7 Å². The van der Waals surface area contributed by atoms with Crippen molar-refractivity contribution in [2.24, 2.45) is 14.1 Å². The third kappa shape index (κ3) is 4.95. The van der Waals surface area contributed by atoms with Gasteiger partial charge in [0.25, 0.3) is 11.5 Å². The highest BCUT2D eigenvalue weighted by atomic mass is 32.2. The summed E-state index contributed by atoms with van der Waals surface area (Å²) in [6.45, 7) is 0.289. The number of carbonyl (C=O) groups excluding carboxylic acids is 2. The van der Waals surface area contributed by atoms with E-state index < -0.39 is 39.8 Å². The fraction of sp³-hybridized carbons (Fsp3) is 0.368. The molecule has 1 amide bonds. The summed E-state index contributed by atoms with van der Waals surface area (Å²) in [7, 11) is -1.14. The lowest BCUT2D eigenvalue weighted by Gasteiger charge is -2.26. The zero-order valence-electron chi connectivity index (χ0n) is 17.4. The van der Waals surface area contributed by atoms with Crippen molar-refractivity contribution >= 4 is 27.7 Å². The molecule has 1 fully saturated rings. The second-order valence-electron chi connectivity index (χ2n) is 6.94. The Hall–Kier alpha value is -3.29. The van der Waals surface area contributed by atoms with E-state index in [2.05, 4.69) is 5.32 Å². The number of ether oxygens (including phenoxy) is 2. The molecule has 172 valence electrons. The first-order chi connectivity index (χ1) is 15.1. The highest BCUT2D eigenvalue weighted by Crippen LogP contribution is 2.18. The molecule has 1 aliphatic heterocycles. The molecule has 0 radical (unpaired) electrons. The van der Waals surface area contributed by atoms with Crippen molar-refractivity contribution in [1.29, 1.82) is 0 Å². The van der Waals surface area contributed by atoms with Gasteiger partial charge in [0.2, 0.25) is 10.0 Å². The zero-order chi connectivity index (χ0) is 23.5. The fourth-order valence-electron chi connectivity index (χ4n) is 2.97. The Labute approximate surface area is 183 Å². The number of esters is 1. The summed E-state index contributed by atoms with van der Waals surface area (Å²) >= 11 is 0. The maximum absolute atomic E-state index is 12.7. The van der Waals surface area contributed by atoms with E-state index in [9.17, 15) is 27.6 Å². The van der Waals surface area contributed by atoms with Crippen LogP contribution in [0.15, 0.2) is 44.8 Å². The molecule has 2 aromatic rings. The number of morpholine rings is 1. The predicted molar refractivity (Wildman–Crippen MR) is 112 cm³/mol. The van der Waals surface area contributed by atoms with Gasteiger partial charge in [-0.1, -0.05) is 6.07 Å². The van der Waals surface area contributed by atoms with Gasteiger partial charge in [0.15, 0.2) is 6.61 Å². The number of carbonyl (C=O) groups is 2. The van der Waals surface area contributed by atoms with Crippen LogP contribution in [0.3, 0.4) is 0 Å². The Kier molecular flexibility index (Phi) is 6.91. The van der Waals surface area contributed by atoms with Crippen LogP contribution in [0.1, 0.15) is 10.4 Å². The number of hydrogen-bond donors (Lipinski definition) is 1. The molecular weight excluding hydrogens is 444 g/mol. The normalized spacial score (nSPS) is 14.7. The number of rotatable bonds is 6. The van der Waals surface area contributed by atoms with Gasteiger partial charge in [-0.25, -0.2) is 18.0 Å². The molecule has 0 aliphatic carbocycles. The minimum absolute atomic E-state index is 0.0480. The van der Waals surface area contributed by atoms with Crippen LogP contribution in [0.5, 0.6) is 0 Å². The molecule has 2 heterocycles. The molecule has 0 unspecified atom stereocenters. The van der Waals surface area contributed by atoms with E-state index >= 15 is 0 Å². The van der Waals surface area contributed by atoms with Crippen molar-refractivity contribution < 1.29 is 27.5 Å². The Bertz CT molecular complexity index is 1260. The van der Waals surface area contributed by atoms with Crippen LogP contribution < -0.4 is 16.6 Å². The highest BCUT2D eigenvalue weighted by Gasteiger charge is 2.27. The number of hydrogen-bond acceptors (Lipinski definition) is 8. The summed E-state index contributed by atoms with van der Waals surface area (Å²) in [5, 5.41) is 2.32. The summed E-state index contributed by atoms with van der Waals surface area (Å²) < 4.78 is 38.8. The van der Waals surface area contributed by atoms with E-state index in [-0.39, 0.29) is 42.6 Å². The van der Waals surface area contributed by atoms with Crippen LogP contribution in [-0.4, -0.2) is 66.6 Å². The fourth-order valence-corrected chi connectivity index (χ4v) is 4.42. The maximum atomic E-state index is 12.7. The van der Waals surface area contributed by atoms with Crippen LogP contribution in [0, 0.1) is 0 Å². The average molecular weight is 466 g/mol. The monoisotopic (exact) mass is 466 g/mol. The standard InChI is InChI=1S/C19H22N4O8S/c1-21-15(11-17(25)22(2)19(21)27)20-16(24)12-31-18(26)13-4-3-5-14(10-13)32(28,29)23-6-8-30-9-7-23/h3-5,10-11H,6-9,12H2,1-2H3,(H,20,24). The van der Waals surface area contributed by atoms with Crippen LogP contribution >= 0.6 is 0 Å². The lowest BCUT2D eigenvalue weighted by molar-refractivity contribution is -0.119. The Morgan fingerprint density at radius 2 is 1.78 bits per heavy atom. The van der Waals surface area contributed by atoms with Gasteiger partial charge in [0, 0.05) is 33.3 Å². The van der Waals surface area contributed by atoms with Gasteiger partial charge >= 0.3 is 11.7 Å². The van der Waals surface area contributed by atoms with Gasteiger partial charge in [-0.05, 0) is 18.2 Å². The maximum Gasteiger partial charge on any atom is 0.338 e. The molecule has 0 spiro atoms. The second-order valence-corrected chi connectivity index (χ2v) is 8.87. The third-order valence-electron chi connectivity index (χ3n) is 4.81. The molecule has 13 heteroatoms. The topological polar surface area (TPSA) is 146 Å². The van der Waals surface area contributed by atoms with Crippen molar-refractivity contribution in [2.45, 2.75) is 4.90 Å². The smallest absolute Gasteiger partial charge is 0.338 e. The molecular formula is C19H22N4O8S. The molecule has 1 N–H and O–H groups in total. The Morgan fingerprint density at radius 1 is 1.09 bits per heavy atom. The second kappa shape index (κ2) is 9.46. The Balaban J connectivity index is 1.67. The van der Waals surface area contributed by atoms with Crippen LogP contribution in [-0.2, 0) is 38.4 Å². The number of benzene rings is 1. The van der Waals surface area contributed by atoms with E-state index in [0.29, 0.717) is 0 Å². The van der Waals surface area contributed by atoms with E-state index in [1.807, 2.05) is 0 Å². The molecule has 0 saturated carbocycles. The average Bonchev–Trinajstić information content (AvgIpc) is 2.80. The first kappa shape index (κ1) is 23.4. The van der Waals surface area contributed by atoms with Crippen molar-refractivity contribution in [2.75, 3.05) is 38.2 Å². The number of nitrogens with one attached hydrogen (secondary N) is 1. The van der Waals surface area contributed by atoms with Crippen molar-refractivity contribution in [1.82, 2.24) is 13.4 Å². The van der Waals surface area contributed by atoms with E-state index in [1.165, 1.54) is 42.7 Å². The van der Waals surface area contributed by atoms with Crippen LogP contribution in [0.25, 0.3) is 0 Å². The molecule has 3 rings (SSSR count). The molecule has 12 nitrogen and oxygen atoms in total. The number of aromatic nitrogens is 2.